The first-order valence-electron chi connectivity index (χ1n) is 6.38. The van der Waals surface area contributed by atoms with Crippen LogP contribution in [0.15, 0.2) is 22.7 Å². The van der Waals surface area contributed by atoms with Gasteiger partial charge >= 0.3 is 0 Å². The van der Waals surface area contributed by atoms with Crippen molar-refractivity contribution in [1.29, 1.82) is 0 Å². The second-order valence-corrected chi connectivity index (χ2v) is 6.05. The van der Waals surface area contributed by atoms with Gasteiger partial charge in [-0.3, -0.25) is 0 Å². The Morgan fingerprint density at radius 2 is 2.00 bits per heavy atom. The number of ether oxygens (including phenoxy) is 1. The average molecular weight is 297 g/mol. The van der Waals surface area contributed by atoms with Gasteiger partial charge in [-0.15, -0.1) is 0 Å². The number of halogens is 1. The van der Waals surface area contributed by atoms with Crippen LogP contribution in [0.2, 0.25) is 0 Å². The third-order valence-electron chi connectivity index (χ3n) is 3.99. The van der Waals surface area contributed by atoms with Crippen LogP contribution >= 0.6 is 15.9 Å². The van der Waals surface area contributed by atoms with Crippen LogP contribution in [-0.4, -0.2) is 11.2 Å². The third kappa shape index (κ3) is 2.23. The van der Waals surface area contributed by atoms with Gasteiger partial charge in [-0.1, -0.05) is 28.8 Å². The number of hydrogen-bond donors (Lipinski definition) is 1. The van der Waals surface area contributed by atoms with Gasteiger partial charge in [0, 0.05) is 16.5 Å². The summed E-state index contributed by atoms with van der Waals surface area (Å²) in [6, 6.07) is 5.90. The molecule has 0 radical (unpaired) electrons. The quantitative estimate of drug-likeness (QED) is 0.853. The number of aliphatic hydroxyl groups is 1. The minimum absolute atomic E-state index is 0.209. The normalized spacial score (nSPS) is 28.8. The van der Waals surface area contributed by atoms with E-state index in [0.29, 0.717) is 5.92 Å². The Kier molecular flexibility index (Phi) is 3.14. The summed E-state index contributed by atoms with van der Waals surface area (Å²) in [5.74, 6) is 1.50. The SMILES string of the molecule is O[C@H]1CC(C2CCCC2)Oc2ccc(Br)cc21. The topological polar surface area (TPSA) is 29.5 Å². The molecule has 0 spiro atoms. The van der Waals surface area contributed by atoms with E-state index in [1.807, 2.05) is 18.2 Å². The van der Waals surface area contributed by atoms with E-state index in [-0.39, 0.29) is 12.2 Å². The molecule has 92 valence electrons. The molecule has 1 heterocycles. The van der Waals surface area contributed by atoms with E-state index in [1.165, 1.54) is 25.7 Å². The van der Waals surface area contributed by atoms with Gasteiger partial charge in [0.05, 0.1) is 6.10 Å². The molecule has 2 aliphatic rings. The molecule has 3 rings (SSSR count). The minimum Gasteiger partial charge on any atom is -0.490 e. The Bertz CT molecular complexity index is 413. The fourth-order valence-electron chi connectivity index (χ4n) is 3.06. The van der Waals surface area contributed by atoms with E-state index in [1.54, 1.807) is 0 Å². The van der Waals surface area contributed by atoms with Crippen LogP contribution in [0.1, 0.15) is 43.8 Å². The van der Waals surface area contributed by atoms with Crippen LogP contribution in [0.5, 0.6) is 5.75 Å². The smallest absolute Gasteiger partial charge is 0.125 e. The first-order chi connectivity index (χ1) is 8.24. The molecule has 1 saturated carbocycles. The van der Waals surface area contributed by atoms with Crippen molar-refractivity contribution in [3.63, 3.8) is 0 Å². The first-order valence-corrected chi connectivity index (χ1v) is 7.17. The maximum Gasteiger partial charge on any atom is 0.125 e. The van der Waals surface area contributed by atoms with E-state index in [2.05, 4.69) is 15.9 Å². The highest BCUT2D eigenvalue weighted by Gasteiger charge is 2.33. The summed E-state index contributed by atoms with van der Waals surface area (Å²) >= 11 is 3.43. The Hall–Kier alpha value is -0.540. The minimum atomic E-state index is -0.373. The van der Waals surface area contributed by atoms with Gasteiger partial charge in [0.2, 0.25) is 0 Å². The second-order valence-electron chi connectivity index (χ2n) is 5.13. The van der Waals surface area contributed by atoms with E-state index in [4.69, 9.17) is 4.74 Å². The third-order valence-corrected chi connectivity index (χ3v) is 4.48. The zero-order chi connectivity index (χ0) is 11.8. The number of aliphatic hydroxyl groups excluding tert-OH is 1. The summed E-state index contributed by atoms with van der Waals surface area (Å²) in [5.41, 5.74) is 0.925. The molecular weight excluding hydrogens is 280 g/mol. The summed E-state index contributed by atoms with van der Waals surface area (Å²) in [6.45, 7) is 0. The van der Waals surface area contributed by atoms with Crippen LogP contribution in [-0.2, 0) is 0 Å². The lowest BCUT2D eigenvalue weighted by atomic mass is 9.90. The first kappa shape index (κ1) is 11.5. The van der Waals surface area contributed by atoms with Crippen molar-refractivity contribution in [3.8, 4) is 5.75 Å². The maximum atomic E-state index is 10.2. The molecule has 2 atom stereocenters. The van der Waals surface area contributed by atoms with Crippen LogP contribution in [0, 0.1) is 5.92 Å². The van der Waals surface area contributed by atoms with Gasteiger partial charge in [0.1, 0.15) is 11.9 Å². The Labute approximate surface area is 110 Å². The van der Waals surface area contributed by atoms with Crippen molar-refractivity contribution >= 4 is 15.9 Å². The van der Waals surface area contributed by atoms with Crippen LogP contribution in [0.3, 0.4) is 0 Å². The number of rotatable bonds is 1. The molecular formula is C14H17BrO2. The highest BCUT2D eigenvalue weighted by Crippen LogP contribution is 2.41. The monoisotopic (exact) mass is 296 g/mol. The van der Waals surface area contributed by atoms with Crippen LogP contribution in [0.25, 0.3) is 0 Å². The molecule has 0 bridgehead atoms. The van der Waals surface area contributed by atoms with Crippen LogP contribution < -0.4 is 4.74 Å². The van der Waals surface area contributed by atoms with E-state index >= 15 is 0 Å². The Balaban J connectivity index is 1.84. The lowest BCUT2D eigenvalue weighted by Crippen LogP contribution is -2.31. The molecule has 1 aromatic carbocycles. The highest BCUT2D eigenvalue weighted by molar-refractivity contribution is 9.10. The summed E-state index contributed by atoms with van der Waals surface area (Å²) in [4.78, 5) is 0. The summed E-state index contributed by atoms with van der Waals surface area (Å²) < 4.78 is 7.06. The zero-order valence-electron chi connectivity index (χ0n) is 9.73. The predicted octanol–water partition coefficient (Wildman–Crippen LogP) is 3.82. The van der Waals surface area contributed by atoms with Crippen LogP contribution in [0.4, 0.5) is 0 Å². The molecule has 1 fully saturated rings. The molecule has 1 aliphatic carbocycles. The molecule has 0 saturated heterocycles. The predicted molar refractivity (Wildman–Crippen MR) is 70.1 cm³/mol. The standard InChI is InChI=1S/C14H17BrO2/c15-10-5-6-13-11(7-10)12(16)8-14(17-13)9-3-1-2-4-9/h5-7,9,12,14,16H,1-4,8H2/t12-,14?/m0/s1. The average Bonchev–Trinajstić information content (AvgIpc) is 2.83. The molecule has 2 nitrogen and oxygen atoms in total. The number of fused-ring (bicyclic) bond motifs is 1. The van der Waals surface area contributed by atoms with Gasteiger partial charge < -0.3 is 9.84 Å². The van der Waals surface area contributed by atoms with Crippen molar-refractivity contribution in [3.05, 3.63) is 28.2 Å². The van der Waals surface area contributed by atoms with Crippen molar-refractivity contribution in [2.75, 3.05) is 0 Å². The molecule has 1 aromatic rings. The summed E-state index contributed by atoms with van der Waals surface area (Å²) in [6.07, 6.45) is 5.71. The molecule has 1 unspecified atom stereocenters. The van der Waals surface area contributed by atoms with Gasteiger partial charge in [-0.25, -0.2) is 0 Å². The lowest BCUT2D eigenvalue weighted by molar-refractivity contribution is 0.0355. The molecule has 17 heavy (non-hydrogen) atoms. The molecule has 3 heteroatoms. The maximum absolute atomic E-state index is 10.2. The second kappa shape index (κ2) is 4.62. The van der Waals surface area contributed by atoms with Crippen molar-refractivity contribution in [1.82, 2.24) is 0 Å². The van der Waals surface area contributed by atoms with Gasteiger partial charge in [-0.2, -0.15) is 0 Å². The fourth-order valence-corrected chi connectivity index (χ4v) is 3.44. The zero-order valence-corrected chi connectivity index (χ0v) is 11.3. The van der Waals surface area contributed by atoms with Crippen molar-refractivity contribution < 1.29 is 9.84 Å². The number of hydrogen-bond acceptors (Lipinski definition) is 2. The molecule has 0 amide bonds. The van der Waals surface area contributed by atoms with Gasteiger partial charge in [-0.05, 0) is 37.0 Å². The van der Waals surface area contributed by atoms with E-state index < -0.39 is 0 Å². The van der Waals surface area contributed by atoms with E-state index in [0.717, 1.165) is 22.2 Å². The van der Waals surface area contributed by atoms with E-state index in [9.17, 15) is 5.11 Å². The van der Waals surface area contributed by atoms with Crippen molar-refractivity contribution in [2.24, 2.45) is 5.92 Å². The fraction of sp³-hybridized carbons (Fsp3) is 0.571. The number of benzene rings is 1. The Morgan fingerprint density at radius 1 is 1.24 bits per heavy atom. The largest absolute Gasteiger partial charge is 0.490 e. The van der Waals surface area contributed by atoms with Gasteiger partial charge in [0.25, 0.3) is 0 Å². The molecule has 1 aliphatic heterocycles. The molecule has 1 N–H and O–H groups in total. The van der Waals surface area contributed by atoms with Gasteiger partial charge in [0.15, 0.2) is 0 Å². The Morgan fingerprint density at radius 3 is 2.76 bits per heavy atom. The van der Waals surface area contributed by atoms with Crippen molar-refractivity contribution in [2.45, 2.75) is 44.3 Å². The highest BCUT2D eigenvalue weighted by atomic mass is 79.9. The summed E-state index contributed by atoms with van der Waals surface area (Å²) in [7, 11) is 0. The summed E-state index contributed by atoms with van der Waals surface area (Å²) in [5, 5.41) is 10.2. The molecule has 0 aromatic heterocycles. The lowest BCUT2D eigenvalue weighted by Gasteiger charge is -2.33.